The Bertz CT molecular complexity index is 764. The molecule has 0 aliphatic carbocycles. The average molecular weight is 365 g/mol. The van der Waals surface area contributed by atoms with E-state index in [2.05, 4.69) is 17.0 Å². The van der Waals surface area contributed by atoms with E-state index in [1.54, 1.807) is 0 Å². The number of rotatable bonds is 7. The highest BCUT2D eigenvalue weighted by Gasteiger charge is 2.56. The molecule has 4 rings (SSSR count). The van der Waals surface area contributed by atoms with Crippen LogP contribution >= 0.6 is 0 Å². The summed E-state index contributed by atoms with van der Waals surface area (Å²) in [5.41, 5.74) is 1.03. The predicted molar refractivity (Wildman–Crippen MR) is 104 cm³/mol. The molecule has 2 bridgehead atoms. The molecule has 0 aromatic heterocycles. The van der Waals surface area contributed by atoms with Gasteiger partial charge >= 0.3 is 0 Å². The van der Waals surface area contributed by atoms with Gasteiger partial charge in [0.15, 0.2) is 0 Å². The monoisotopic (exact) mass is 365 g/mol. The molecule has 2 fully saturated rings. The quantitative estimate of drug-likeness (QED) is 0.818. The molecule has 4 nitrogen and oxygen atoms in total. The summed E-state index contributed by atoms with van der Waals surface area (Å²) in [6.07, 6.45) is 4.15. The molecule has 2 aromatic rings. The van der Waals surface area contributed by atoms with Crippen LogP contribution in [0.5, 0.6) is 5.75 Å². The summed E-state index contributed by atoms with van der Waals surface area (Å²) < 4.78 is 5.70. The largest absolute Gasteiger partial charge is 0.493 e. The van der Waals surface area contributed by atoms with Crippen molar-refractivity contribution >= 4 is 5.91 Å². The fourth-order valence-corrected chi connectivity index (χ4v) is 4.99. The van der Waals surface area contributed by atoms with Crippen LogP contribution in [0, 0.1) is 5.41 Å². The van der Waals surface area contributed by atoms with Crippen molar-refractivity contribution in [1.29, 1.82) is 0 Å². The molecule has 1 amide bonds. The third-order valence-electron chi connectivity index (χ3n) is 6.18. The van der Waals surface area contributed by atoms with Gasteiger partial charge in [-0.15, -0.1) is 0 Å². The molecule has 4 heteroatoms. The molecule has 1 N–H and O–H groups in total. The number of aliphatic hydroxyl groups excluding tert-OH is 1. The van der Waals surface area contributed by atoms with E-state index in [1.807, 2.05) is 48.5 Å². The van der Waals surface area contributed by atoms with Crippen molar-refractivity contribution in [2.45, 2.75) is 44.2 Å². The lowest BCUT2D eigenvalue weighted by molar-refractivity contribution is -0.133. The van der Waals surface area contributed by atoms with Crippen molar-refractivity contribution in [3.05, 3.63) is 66.2 Å². The Balaban J connectivity index is 1.41. The zero-order chi connectivity index (χ0) is 18.7. The average Bonchev–Trinajstić information content (AvgIpc) is 3.26. The van der Waals surface area contributed by atoms with E-state index in [0.717, 1.165) is 31.4 Å². The minimum atomic E-state index is -0.208. The summed E-state index contributed by atoms with van der Waals surface area (Å²) in [5.74, 6) is 0.949. The molecule has 0 saturated carbocycles. The lowest BCUT2D eigenvalue weighted by atomic mass is 9.70. The molecule has 2 aliphatic rings. The van der Waals surface area contributed by atoms with Gasteiger partial charge in [-0.1, -0.05) is 48.5 Å². The number of hydrogen-bond donors (Lipinski definition) is 1. The Labute approximate surface area is 160 Å². The van der Waals surface area contributed by atoms with Crippen molar-refractivity contribution in [3.8, 4) is 5.75 Å². The standard InChI is InChI=1S/C23H27NO3/c25-17-23(15-18-7-3-1-4-8-18)16-19-11-12-21(23)24(19)22(26)13-14-27-20-9-5-2-6-10-20/h1-10,19,21,25H,11-17H2/t19-,21+,23-/m0/s1. The fraction of sp³-hybridized carbons (Fsp3) is 0.435. The summed E-state index contributed by atoms with van der Waals surface area (Å²) in [7, 11) is 0. The molecule has 2 heterocycles. The number of aliphatic hydroxyl groups is 1. The van der Waals surface area contributed by atoms with E-state index in [-0.39, 0.29) is 30.0 Å². The lowest BCUT2D eigenvalue weighted by Crippen LogP contribution is -2.44. The Morgan fingerprint density at radius 3 is 2.48 bits per heavy atom. The first kappa shape index (κ1) is 18.1. The predicted octanol–water partition coefficient (Wildman–Crippen LogP) is 3.44. The molecule has 27 heavy (non-hydrogen) atoms. The van der Waals surface area contributed by atoms with Crippen LogP contribution in [-0.4, -0.2) is 41.2 Å². The molecule has 2 aromatic carbocycles. The van der Waals surface area contributed by atoms with Gasteiger partial charge in [-0.05, 0) is 43.4 Å². The minimum Gasteiger partial charge on any atom is -0.493 e. The van der Waals surface area contributed by atoms with Gasteiger partial charge in [0.1, 0.15) is 5.75 Å². The summed E-state index contributed by atoms with van der Waals surface area (Å²) in [4.78, 5) is 15.0. The third-order valence-corrected chi connectivity index (χ3v) is 6.18. The molecule has 0 spiro atoms. The smallest absolute Gasteiger partial charge is 0.226 e. The van der Waals surface area contributed by atoms with Crippen LogP contribution in [0.3, 0.4) is 0 Å². The van der Waals surface area contributed by atoms with Crippen LogP contribution in [-0.2, 0) is 11.2 Å². The molecular formula is C23H27NO3. The number of hydrogen-bond acceptors (Lipinski definition) is 3. The van der Waals surface area contributed by atoms with Crippen molar-refractivity contribution in [2.75, 3.05) is 13.2 Å². The summed E-state index contributed by atoms with van der Waals surface area (Å²) in [5, 5.41) is 10.3. The normalized spacial score (nSPS) is 26.3. The maximum atomic E-state index is 12.9. The van der Waals surface area contributed by atoms with Gasteiger partial charge < -0.3 is 14.7 Å². The third kappa shape index (κ3) is 3.59. The molecule has 2 aliphatic heterocycles. The number of nitrogens with zero attached hydrogens (tertiary/aromatic N) is 1. The highest BCUT2D eigenvalue weighted by atomic mass is 16.5. The van der Waals surface area contributed by atoms with Crippen LogP contribution in [0.1, 0.15) is 31.2 Å². The van der Waals surface area contributed by atoms with Crippen LogP contribution in [0.4, 0.5) is 0 Å². The molecule has 2 saturated heterocycles. The Kier molecular flexibility index (Phi) is 5.17. The van der Waals surface area contributed by atoms with Gasteiger partial charge in [-0.25, -0.2) is 0 Å². The second-order valence-corrected chi connectivity index (χ2v) is 7.85. The molecule has 0 unspecified atom stereocenters. The molecular weight excluding hydrogens is 338 g/mol. The molecule has 0 radical (unpaired) electrons. The maximum absolute atomic E-state index is 12.9. The van der Waals surface area contributed by atoms with Crippen LogP contribution in [0.25, 0.3) is 0 Å². The number of fused-ring (bicyclic) bond motifs is 2. The van der Waals surface area contributed by atoms with E-state index in [1.165, 1.54) is 5.56 Å². The maximum Gasteiger partial charge on any atom is 0.226 e. The van der Waals surface area contributed by atoms with Crippen molar-refractivity contribution in [2.24, 2.45) is 5.41 Å². The van der Waals surface area contributed by atoms with Gasteiger partial charge in [0.25, 0.3) is 0 Å². The fourth-order valence-electron chi connectivity index (χ4n) is 4.99. The topological polar surface area (TPSA) is 49.8 Å². The number of para-hydroxylation sites is 1. The lowest BCUT2D eigenvalue weighted by Gasteiger charge is -2.36. The Hall–Kier alpha value is -2.33. The van der Waals surface area contributed by atoms with E-state index in [9.17, 15) is 9.90 Å². The number of benzene rings is 2. The van der Waals surface area contributed by atoms with Gasteiger partial charge in [0, 0.05) is 17.5 Å². The van der Waals surface area contributed by atoms with E-state index < -0.39 is 0 Å². The Morgan fingerprint density at radius 1 is 1.07 bits per heavy atom. The van der Waals surface area contributed by atoms with Crippen LogP contribution in [0.15, 0.2) is 60.7 Å². The van der Waals surface area contributed by atoms with Gasteiger partial charge in [-0.3, -0.25) is 4.79 Å². The highest BCUT2D eigenvalue weighted by Crippen LogP contribution is 2.51. The van der Waals surface area contributed by atoms with E-state index in [4.69, 9.17) is 4.74 Å². The second kappa shape index (κ2) is 7.73. The van der Waals surface area contributed by atoms with Crippen LogP contribution in [0.2, 0.25) is 0 Å². The molecule has 142 valence electrons. The summed E-state index contributed by atoms with van der Waals surface area (Å²) in [6.45, 7) is 0.525. The van der Waals surface area contributed by atoms with Gasteiger partial charge in [0.2, 0.25) is 5.91 Å². The van der Waals surface area contributed by atoms with Crippen LogP contribution < -0.4 is 4.74 Å². The number of carbonyl (C=O) groups excluding carboxylic acids is 1. The van der Waals surface area contributed by atoms with E-state index >= 15 is 0 Å². The first-order valence-corrected chi connectivity index (χ1v) is 9.86. The number of carbonyl (C=O) groups is 1. The number of amides is 1. The SMILES string of the molecule is O=C(CCOc1ccccc1)N1[C@H]2CC[C@@H]1[C@@](CO)(Cc1ccccc1)C2. The van der Waals surface area contributed by atoms with Gasteiger partial charge in [-0.2, -0.15) is 0 Å². The van der Waals surface area contributed by atoms with Crippen molar-refractivity contribution in [1.82, 2.24) is 4.90 Å². The zero-order valence-electron chi connectivity index (χ0n) is 15.6. The minimum absolute atomic E-state index is 0.132. The summed E-state index contributed by atoms with van der Waals surface area (Å²) >= 11 is 0. The van der Waals surface area contributed by atoms with Gasteiger partial charge in [0.05, 0.1) is 19.6 Å². The zero-order valence-corrected chi connectivity index (χ0v) is 15.6. The van der Waals surface area contributed by atoms with Crippen molar-refractivity contribution in [3.63, 3.8) is 0 Å². The second-order valence-electron chi connectivity index (χ2n) is 7.85. The molecule has 3 atom stereocenters. The first-order valence-electron chi connectivity index (χ1n) is 9.86. The van der Waals surface area contributed by atoms with Crippen molar-refractivity contribution < 1.29 is 14.6 Å². The Morgan fingerprint density at radius 2 is 1.78 bits per heavy atom. The number of ether oxygens (including phenoxy) is 1. The summed E-state index contributed by atoms with van der Waals surface area (Å²) in [6, 6.07) is 20.3. The van der Waals surface area contributed by atoms with E-state index in [0.29, 0.717) is 13.0 Å². The highest BCUT2D eigenvalue weighted by molar-refractivity contribution is 5.78. The first-order chi connectivity index (χ1) is 13.2.